The number of rotatable bonds is 4. The monoisotopic (exact) mass is 349 g/mol. The average molecular weight is 351 g/mol. The van der Waals surface area contributed by atoms with Gasteiger partial charge in [-0.05, 0) is 22.0 Å². The lowest BCUT2D eigenvalue weighted by molar-refractivity contribution is -0.178. The second-order valence-corrected chi connectivity index (χ2v) is 4.74. The number of halogens is 6. The summed E-state index contributed by atoms with van der Waals surface area (Å²) in [5.41, 5.74) is 5.01. The highest BCUT2D eigenvalue weighted by molar-refractivity contribution is 9.10. The van der Waals surface area contributed by atoms with Crippen LogP contribution in [-0.2, 0) is 0 Å². The summed E-state index contributed by atoms with van der Waals surface area (Å²) in [4.78, 5) is 0. The van der Waals surface area contributed by atoms with Crippen LogP contribution in [0.2, 0.25) is 5.02 Å². The van der Waals surface area contributed by atoms with Gasteiger partial charge >= 0.3 is 6.18 Å². The standard InChI is InChI=1S/C10H9BrClF4NO/c11-6-1-7(12)8(13)2-9(6)18-4-5(3-17)10(14,15)16/h1-2,5H,3-4,17H2. The van der Waals surface area contributed by atoms with Gasteiger partial charge in [0.25, 0.3) is 0 Å². The third-order valence-electron chi connectivity index (χ3n) is 2.16. The molecule has 0 heterocycles. The van der Waals surface area contributed by atoms with E-state index in [-0.39, 0.29) is 15.2 Å². The predicted octanol–water partition coefficient (Wildman–Crippen LogP) is 3.76. The highest BCUT2D eigenvalue weighted by Gasteiger charge is 2.39. The maximum absolute atomic E-state index is 13.1. The van der Waals surface area contributed by atoms with Gasteiger partial charge in [0.05, 0.1) is 9.50 Å². The van der Waals surface area contributed by atoms with Crippen molar-refractivity contribution in [2.24, 2.45) is 11.7 Å². The maximum atomic E-state index is 13.1. The molecule has 8 heteroatoms. The zero-order valence-corrected chi connectivity index (χ0v) is 11.2. The molecule has 1 rings (SSSR count). The molecule has 0 aliphatic heterocycles. The Balaban J connectivity index is 2.77. The van der Waals surface area contributed by atoms with Crippen molar-refractivity contribution in [1.82, 2.24) is 0 Å². The second-order valence-electron chi connectivity index (χ2n) is 3.48. The van der Waals surface area contributed by atoms with E-state index >= 15 is 0 Å². The third-order valence-corrected chi connectivity index (χ3v) is 3.07. The van der Waals surface area contributed by atoms with Crippen LogP contribution in [0.3, 0.4) is 0 Å². The molecule has 0 amide bonds. The summed E-state index contributed by atoms with van der Waals surface area (Å²) in [5, 5.41) is -0.152. The quantitative estimate of drug-likeness (QED) is 0.663. The van der Waals surface area contributed by atoms with E-state index in [1.165, 1.54) is 6.07 Å². The van der Waals surface area contributed by atoms with Crippen LogP contribution in [0.15, 0.2) is 16.6 Å². The fourth-order valence-corrected chi connectivity index (χ4v) is 1.85. The summed E-state index contributed by atoms with van der Waals surface area (Å²) in [6.07, 6.45) is -4.45. The summed E-state index contributed by atoms with van der Waals surface area (Å²) in [6, 6.07) is 2.12. The fourth-order valence-electron chi connectivity index (χ4n) is 1.10. The molecule has 0 saturated heterocycles. The van der Waals surface area contributed by atoms with Crippen LogP contribution in [0.5, 0.6) is 5.75 Å². The minimum Gasteiger partial charge on any atom is -0.492 e. The number of hydrogen-bond donors (Lipinski definition) is 1. The molecular formula is C10H9BrClF4NO. The molecule has 0 aliphatic carbocycles. The first-order valence-corrected chi connectivity index (χ1v) is 5.97. The SMILES string of the molecule is NCC(COc1cc(F)c(Cl)cc1Br)C(F)(F)F. The molecule has 0 bridgehead atoms. The van der Waals surface area contributed by atoms with Crippen molar-refractivity contribution in [3.63, 3.8) is 0 Å². The van der Waals surface area contributed by atoms with Crippen molar-refractivity contribution in [2.75, 3.05) is 13.2 Å². The minimum absolute atomic E-state index is 0.0559. The molecule has 0 saturated carbocycles. The molecule has 1 atom stereocenters. The van der Waals surface area contributed by atoms with Gasteiger partial charge in [-0.3, -0.25) is 0 Å². The molecule has 2 N–H and O–H groups in total. The van der Waals surface area contributed by atoms with Gasteiger partial charge in [0.2, 0.25) is 0 Å². The smallest absolute Gasteiger partial charge is 0.396 e. The van der Waals surface area contributed by atoms with Crippen LogP contribution in [0.4, 0.5) is 17.6 Å². The van der Waals surface area contributed by atoms with Crippen LogP contribution in [0.1, 0.15) is 0 Å². The Morgan fingerprint density at radius 3 is 2.50 bits per heavy atom. The molecule has 0 fully saturated rings. The Labute approximate surface area is 114 Å². The van der Waals surface area contributed by atoms with Crippen LogP contribution >= 0.6 is 27.5 Å². The summed E-state index contributed by atoms with van der Waals surface area (Å²) in [6.45, 7) is -1.28. The normalized spacial score (nSPS) is 13.5. The Morgan fingerprint density at radius 1 is 1.39 bits per heavy atom. The van der Waals surface area contributed by atoms with E-state index < -0.39 is 31.1 Å². The van der Waals surface area contributed by atoms with Crippen LogP contribution in [-0.4, -0.2) is 19.3 Å². The van der Waals surface area contributed by atoms with Gasteiger partial charge in [0.1, 0.15) is 24.1 Å². The Morgan fingerprint density at radius 2 is 2.00 bits per heavy atom. The summed E-state index contributed by atoms with van der Waals surface area (Å²) < 4.78 is 55.5. The molecule has 0 radical (unpaired) electrons. The molecule has 18 heavy (non-hydrogen) atoms. The second kappa shape index (κ2) is 6.08. The van der Waals surface area contributed by atoms with Gasteiger partial charge in [-0.25, -0.2) is 4.39 Å². The van der Waals surface area contributed by atoms with Crippen LogP contribution in [0.25, 0.3) is 0 Å². The van der Waals surface area contributed by atoms with Gasteiger partial charge in [0, 0.05) is 12.6 Å². The molecule has 1 aromatic rings. The van der Waals surface area contributed by atoms with E-state index in [1.807, 2.05) is 0 Å². The summed E-state index contributed by atoms with van der Waals surface area (Å²) >= 11 is 8.50. The highest BCUT2D eigenvalue weighted by Crippen LogP contribution is 2.32. The predicted molar refractivity (Wildman–Crippen MR) is 63.2 cm³/mol. The molecule has 102 valence electrons. The van der Waals surface area contributed by atoms with E-state index in [0.717, 1.165) is 6.07 Å². The van der Waals surface area contributed by atoms with Crippen LogP contribution < -0.4 is 10.5 Å². The van der Waals surface area contributed by atoms with E-state index in [4.69, 9.17) is 22.1 Å². The lowest BCUT2D eigenvalue weighted by atomic mass is 10.1. The molecule has 0 spiro atoms. The number of benzene rings is 1. The van der Waals surface area contributed by atoms with Gasteiger partial charge in [-0.15, -0.1) is 0 Å². The Bertz CT molecular complexity index is 427. The molecule has 1 aromatic carbocycles. The largest absolute Gasteiger partial charge is 0.492 e. The van der Waals surface area contributed by atoms with Crippen molar-refractivity contribution in [3.05, 3.63) is 27.4 Å². The van der Waals surface area contributed by atoms with Crippen LogP contribution in [0, 0.1) is 11.7 Å². The summed E-state index contributed by atoms with van der Waals surface area (Å²) in [7, 11) is 0. The number of alkyl halides is 3. The van der Waals surface area contributed by atoms with E-state index in [9.17, 15) is 17.6 Å². The number of hydrogen-bond acceptors (Lipinski definition) is 2. The van der Waals surface area contributed by atoms with E-state index in [0.29, 0.717) is 0 Å². The fraction of sp³-hybridized carbons (Fsp3) is 0.400. The molecule has 0 aromatic heterocycles. The van der Waals surface area contributed by atoms with E-state index in [2.05, 4.69) is 15.9 Å². The van der Waals surface area contributed by atoms with Crippen molar-refractivity contribution in [2.45, 2.75) is 6.18 Å². The van der Waals surface area contributed by atoms with Gasteiger partial charge < -0.3 is 10.5 Å². The van der Waals surface area contributed by atoms with Crippen molar-refractivity contribution in [3.8, 4) is 5.75 Å². The zero-order chi connectivity index (χ0) is 13.9. The van der Waals surface area contributed by atoms with E-state index in [1.54, 1.807) is 0 Å². The molecule has 1 unspecified atom stereocenters. The molecule has 2 nitrogen and oxygen atoms in total. The lowest BCUT2D eigenvalue weighted by Gasteiger charge is -2.19. The zero-order valence-electron chi connectivity index (χ0n) is 8.90. The first kappa shape index (κ1) is 15.5. The first-order chi connectivity index (χ1) is 8.25. The topological polar surface area (TPSA) is 35.2 Å². The Hall–Kier alpha value is -0.530. The lowest BCUT2D eigenvalue weighted by Crippen LogP contribution is -2.35. The molecule has 0 aliphatic rings. The minimum atomic E-state index is -4.45. The summed E-state index contributed by atoms with van der Waals surface area (Å²) in [5.74, 6) is -2.63. The number of nitrogens with two attached hydrogens (primary N) is 1. The highest BCUT2D eigenvalue weighted by atomic mass is 79.9. The van der Waals surface area contributed by atoms with Crippen molar-refractivity contribution >= 4 is 27.5 Å². The maximum Gasteiger partial charge on any atom is 0.396 e. The Kier molecular flexibility index (Phi) is 5.24. The van der Waals surface area contributed by atoms with Crippen molar-refractivity contribution in [1.29, 1.82) is 0 Å². The molecular weight excluding hydrogens is 341 g/mol. The van der Waals surface area contributed by atoms with Gasteiger partial charge in [-0.1, -0.05) is 11.6 Å². The third kappa shape index (κ3) is 4.00. The van der Waals surface area contributed by atoms with Gasteiger partial charge in [0.15, 0.2) is 0 Å². The first-order valence-electron chi connectivity index (χ1n) is 4.79. The average Bonchev–Trinajstić information content (AvgIpc) is 2.24. The number of ether oxygens (including phenoxy) is 1. The van der Waals surface area contributed by atoms with Crippen molar-refractivity contribution < 1.29 is 22.3 Å². The van der Waals surface area contributed by atoms with Gasteiger partial charge in [-0.2, -0.15) is 13.2 Å².